The van der Waals surface area contributed by atoms with Crippen molar-refractivity contribution < 1.29 is 19.8 Å². The fraction of sp³-hybridized carbons (Fsp3) is 0.800. The SMILES string of the molecule is CC(C(=O)C(C)(C)C)C(C)(O)C(=O)O. The average molecular weight is 202 g/mol. The van der Waals surface area contributed by atoms with E-state index in [0.29, 0.717) is 0 Å². The second-order valence-corrected chi connectivity index (χ2v) is 4.79. The predicted octanol–water partition coefficient (Wildman–Crippen LogP) is 1.07. The number of carbonyl (C=O) groups is 2. The standard InChI is InChI=1S/C10H18O4/c1-6(7(11)9(2,3)4)10(5,14)8(12)13/h6,14H,1-5H3,(H,12,13). The summed E-state index contributed by atoms with van der Waals surface area (Å²) in [7, 11) is 0. The maximum Gasteiger partial charge on any atom is 0.336 e. The Bertz CT molecular complexity index is 247. The van der Waals surface area contributed by atoms with Crippen LogP contribution in [0.2, 0.25) is 0 Å². The van der Waals surface area contributed by atoms with Crippen LogP contribution in [-0.2, 0) is 9.59 Å². The van der Waals surface area contributed by atoms with Crippen molar-refractivity contribution in [3.63, 3.8) is 0 Å². The maximum atomic E-state index is 11.7. The van der Waals surface area contributed by atoms with Crippen molar-refractivity contribution in [1.82, 2.24) is 0 Å². The summed E-state index contributed by atoms with van der Waals surface area (Å²) >= 11 is 0. The first-order chi connectivity index (χ1) is 6.01. The van der Waals surface area contributed by atoms with E-state index in [2.05, 4.69) is 0 Å². The van der Waals surface area contributed by atoms with E-state index in [1.54, 1.807) is 20.8 Å². The van der Waals surface area contributed by atoms with Gasteiger partial charge in [-0.15, -0.1) is 0 Å². The molecule has 0 amide bonds. The summed E-state index contributed by atoms with van der Waals surface area (Å²) in [6.45, 7) is 7.67. The summed E-state index contributed by atoms with van der Waals surface area (Å²) in [6, 6.07) is 0. The minimum atomic E-state index is -2.00. The van der Waals surface area contributed by atoms with E-state index in [1.165, 1.54) is 6.92 Å². The lowest BCUT2D eigenvalue weighted by atomic mass is 9.76. The first-order valence-electron chi connectivity index (χ1n) is 4.51. The lowest BCUT2D eigenvalue weighted by molar-refractivity contribution is -0.166. The summed E-state index contributed by atoms with van der Waals surface area (Å²) in [5.41, 5.74) is -2.64. The van der Waals surface area contributed by atoms with Gasteiger partial charge in [-0.05, 0) is 6.92 Å². The Hall–Kier alpha value is -0.900. The van der Waals surface area contributed by atoms with Gasteiger partial charge in [0.2, 0.25) is 0 Å². The van der Waals surface area contributed by atoms with Crippen LogP contribution in [0.1, 0.15) is 34.6 Å². The molecule has 2 N–H and O–H groups in total. The molecule has 0 bridgehead atoms. The Morgan fingerprint density at radius 1 is 1.14 bits per heavy atom. The molecule has 0 spiro atoms. The van der Waals surface area contributed by atoms with Gasteiger partial charge in [0.1, 0.15) is 5.78 Å². The van der Waals surface area contributed by atoms with Crippen LogP contribution in [0, 0.1) is 11.3 Å². The second kappa shape index (κ2) is 3.69. The predicted molar refractivity (Wildman–Crippen MR) is 51.9 cm³/mol. The van der Waals surface area contributed by atoms with Crippen molar-refractivity contribution in [3.05, 3.63) is 0 Å². The highest BCUT2D eigenvalue weighted by molar-refractivity contribution is 5.92. The first-order valence-corrected chi connectivity index (χ1v) is 4.51. The fourth-order valence-corrected chi connectivity index (χ4v) is 1.09. The topological polar surface area (TPSA) is 74.6 Å². The molecule has 0 aromatic carbocycles. The van der Waals surface area contributed by atoms with Crippen molar-refractivity contribution in [2.45, 2.75) is 40.2 Å². The molecule has 82 valence electrons. The maximum absolute atomic E-state index is 11.7. The fourth-order valence-electron chi connectivity index (χ4n) is 1.09. The van der Waals surface area contributed by atoms with Crippen molar-refractivity contribution in [3.8, 4) is 0 Å². The molecule has 2 unspecified atom stereocenters. The van der Waals surface area contributed by atoms with Gasteiger partial charge in [0.25, 0.3) is 0 Å². The molecule has 14 heavy (non-hydrogen) atoms. The molecule has 0 aliphatic rings. The van der Waals surface area contributed by atoms with E-state index in [9.17, 15) is 14.7 Å². The van der Waals surface area contributed by atoms with Crippen LogP contribution in [0.5, 0.6) is 0 Å². The van der Waals surface area contributed by atoms with Crippen molar-refractivity contribution >= 4 is 11.8 Å². The molecule has 0 aliphatic heterocycles. The summed E-state index contributed by atoms with van der Waals surface area (Å²) in [6.07, 6.45) is 0. The van der Waals surface area contributed by atoms with E-state index in [4.69, 9.17) is 5.11 Å². The van der Waals surface area contributed by atoms with Gasteiger partial charge in [0, 0.05) is 5.41 Å². The monoisotopic (exact) mass is 202 g/mol. The van der Waals surface area contributed by atoms with E-state index < -0.39 is 22.9 Å². The van der Waals surface area contributed by atoms with E-state index in [1.807, 2.05) is 0 Å². The second-order valence-electron chi connectivity index (χ2n) is 4.79. The minimum absolute atomic E-state index is 0.259. The molecule has 4 nitrogen and oxygen atoms in total. The van der Waals surface area contributed by atoms with Crippen molar-refractivity contribution in [2.24, 2.45) is 11.3 Å². The number of rotatable bonds is 3. The number of Topliss-reactive ketones (excluding diaryl/α,β-unsaturated/α-hetero) is 1. The smallest absolute Gasteiger partial charge is 0.336 e. The van der Waals surface area contributed by atoms with Crippen LogP contribution in [-0.4, -0.2) is 27.6 Å². The number of aliphatic carboxylic acids is 1. The Kier molecular flexibility index (Phi) is 3.45. The molecular weight excluding hydrogens is 184 g/mol. The highest BCUT2D eigenvalue weighted by Gasteiger charge is 2.43. The zero-order valence-electron chi connectivity index (χ0n) is 9.29. The van der Waals surface area contributed by atoms with Crippen LogP contribution in [0.15, 0.2) is 0 Å². The van der Waals surface area contributed by atoms with Crippen molar-refractivity contribution in [1.29, 1.82) is 0 Å². The highest BCUT2D eigenvalue weighted by Crippen LogP contribution is 2.27. The molecule has 0 fully saturated rings. The van der Waals surface area contributed by atoms with Gasteiger partial charge in [0.15, 0.2) is 5.60 Å². The quantitative estimate of drug-likeness (QED) is 0.718. The number of carbonyl (C=O) groups excluding carboxylic acids is 1. The zero-order valence-corrected chi connectivity index (χ0v) is 9.29. The number of hydrogen-bond donors (Lipinski definition) is 2. The summed E-state index contributed by atoms with van der Waals surface area (Å²) < 4.78 is 0. The number of aliphatic hydroxyl groups is 1. The van der Waals surface area contributed by atoms with Gasteiger partial charge in [-0.1, -0.05) is 27.7 Å². The van der Waals surface area contributed by atoms with Gasteiger partial charge >= 0.3 is 5.97 Å². The normalized spacial score (nSPS) is 18.4. The summed E-state index contributed by atoms with van der Waals surface area (Å²) in [4.78, 5) is 22.4. The van der Waals surface area contributed by atoms with Crippen LogP contribution in [0.4, 0.5) is 0 Å². The average Bonchev–Trinajstić information content (AvgIpc) is 1.99. The molecule has 0 radical (unpaired) electrons. The van der Waals surface area contributed by atoms with E-state index in [-0.39, 0.29) is 5.78 Å². The molecule has 0 aromatic rings. The highest BCUT2D eigenvalue weighted by atomic mass is 16.4. The van der Waals surface area contributed by atoms with Gasteiger partial charge in [-0.2, -0.15) is 0 Å². The number of carboxylic acid groups (broad SMARTS) is 1. The molecule has 0 saturated carbocycles. The Labute approximate surface area is 83.9 Å². The number of hydrogen-bond acceptors (Lipinski definition) is 3. The minimum Gasteiger partial charge on any atom is -0.479 e. The van der Waals surface area contributed by atoms with Crippen molar-refractivity contribution in [2.75, 3.05) is 0 Å². The van der Waals surface area contributed by atoms with Crippen LogP contribution < -0.4 is 0 Å². The molecular formula is C10H18O4. The largest absolute Gasteiger partial charge is 0.479 e. The molecule has 0 heterocycles. The first kappa shape index (κ1) is 13.1. The molecule has 0 aromatic heterocycles. The molecule has 0 saturated heterocycles. The Morgan fingerprint density at radius 3 is 1.71 bits per heavy atom. The third-order valence-corrected chi connectivity index (χ3v) is 2.41. The lowest BCUT2D eigenvalue weighted by Crippen LogP contribution is -2.48. The summed E-state index contributed by atoms with van der Waals surface area (Å²) in [5, 5.41) is 18.3. The lowest BCUT2D eigenvalue weighted by Gasteiger charge is -2.29. The zero-order chi connectivity index (χ0) is 11.7. The molecule has 0 aliphatic carbocycles. The van der Waals surface area contributed by atoms with Gasteiger partial charge in [-0.25, -0.2) is 4.79 Å². The summed E-state index contributed by atoms with van der Waals surface area (Å²) in [5.74, 6) is -2.55. The van der Waals surface area contributed by atoms with Crippen LogP contribution in [0.25, 0.3) is 0 Å². The van der Waals surface area contributed by atoms with E-state index in [0.717, 1.165) is 6.92 Å². The van der Waals surface area contributed by atoms with Gasteiger partial charge in [0.05, 0.1) is 5.92 Å². The van der Waals surface area contributed by atoms with Crippen LogP contribution >= 0.6 is 0 Å². The van der Waals surface area contributed by atoms with Gasteiger partial charge in [-0.3, -0.25) is 4.79 Å². The third-order valence-electron chi connectivity index (χ3n) is 2.41. The third kappa shape index (κ3) is 2.54. The number of ketones is 1. The molecule has 4 heteroatoms. The Balaban J connectivity index is 4.89. The molecule has 0 rings (SSSR count). The van der Waals surface area contributed by atoms with Gasteiger partial charge < -0.3 is 10.2 Å². The van der Waals surface area contributed by atoms with Crippen LogP contribution in [0.3, 0.4) is 0 Å². The molecule has 2 atom stereocenters. The number of carboxylic acids is 1. The Morgan fingerprint density at radius 2 is 1.50 bits per heavy atom. The van der Waals surface area contributed by atoms with E-state index >= 15 is 0 Å².